The second-order valence-corrected chi connectivity index (χ2v) is 6.09. The van der Waals surface area contributed by atoms with E-state index in [0.29, 0.717) is 10.7 Å². The summed E-state index contributed by atoms with van der Waals surface area (Å²) in [6, 6.07) is 20.8. The Morgan fingerprint density at radius 1 is 1.12 bits per heavy atom. The van der Waals surface area contributed by atoms with Crippen molar-refractivity contribution in [2.75, 3.05) is 5.32 Å². The lowest BCUT2D eigenvalue weighted by Gasteiger charge is -2.08. The van der Waals surface area contributed by atoms with Crippen LogP contribution in [0.3, 0.4) is 0 Å². The van der Waals surface area contributed by atoms with Crippen molar-refractivity contribution in [1.82, 2.24) is 0 Å². The van der Waals surface area contributed by atoms with Crippen molar-refractivity contribution in [3.05, 3.63) is 82.4 Å². The van der Waals surface area contributed by atoms with E-state index in [1.807, 2.05) is 55.5 Å². The number of nitriles is 1. The van der Waals surface area contributed by atoms with Crippen LogP contribution in [0.4, 0.5) is 5.69 Å². The monoisotopic (exact) mass is 346 g/mol. The van der Waals surface area contributed by atoms with Crippen LogP contribution in [0, 0.1) is 18.3 Å². The van der Waals surface area contributed by atoms with Gasteiger partial charge in [0, 0.05) is 10.7 Å². The summed E-state index contributed by atoms with van der Waals surface area (Å²) >= 11 is 5.93. The van der Waals surface area contributed by atoms with Gasteiger partial charge in [0.2, 0.25) is 0 Å². The molecule has 3 rings (SSSR count). The number of carbonyl (C=O) groups excluding carboxylic acids is 1. The molecule has 0 spiro atoms. The standard InChI is InChI=1S/C21H15ClN2O/c1-14-11-18(22)9-10-20(14)24-21(25)17(13-23)12-16-7-4-6-15-5-2-3-8-19(15)16/h2-12H,1H3,(H,24,25)/b17-12+. The average Bonchev–Trinajstić information content (AvgIpc) is 2.62. The van der Waals surface area contributed by atoms with Gasteiger partial charge in [0.05, 0.1) is 0 Å². The van der Waals surface area contributed by atoms with Crippen molar-refractivity contribution in [1.29, 1.82) is 5.26 Å². The van der Waals surface area contributed by atoms with Gasteiger partial charge in [0.25, 0.3) is 5.91 Å². The molecule has 0 aliphatic carbocycles. The number of anilines is 1. The van der Waals surface area contributed by atoms with E-state index < -0.39 is 5.91 Å². The van der Waals surface area contributed by atoms with E-state index in [4.69, 9.17) is 11.6 Å². The molecule has 0 aromatic heterocycles. The normalized spacial score (nSPS) is 11.2. The predicted octanol–water partition coefficient (Wildman–Crippen LogP) is 5.35. The molecule has 4 heteroatoms. The number of carbonyl (C=O) groups is 1. The summed E-state index contributed by atoms with van der Waals surface area (Å²) in [6.07, 6.45) is 1.61. The number of benzene rings is 3. The molecule has 0 aliphatic rings. The molecule has 3 nitrogen and oxygen atoms in total. The van der Waals surface area contributed by atoms with Gasteiger partial charge in [-0.3, -0.25) is 4.79 Å². The quantitative estimate of drug-likeness (QED) is 0.513. The highest BCUT2D eigenvalue weighted by atomic mass is 35.5. The number of nitrogens with one attached hydrogen (secondary N) is 1. The van der Waals surface area contributed by atoms with Crippen LogP contribution in [0.1, 0.15) is 11.1 Å². The lowest BCUT2D eigenvalue weighted by Crippen LogP contribution is -2.14. The minimum atomic E-state index is -0.444. The van der Waals surface area contributed by atoms with Crippen molar-refractivity contribution in [3.63, 3.8) is 0 Å². The fraction of sp³-hybridized carbons (Fsp3) is 0.0476. The molecule has 0 saturated heterocycles. The van der Waals surface area contributed by atoms with Gasteiger partial charge in [-0.2, -0.15) is 5.26 Å². The van der Waals surface area contributed by atoms with Gasteiger partial charge in [-0.05, 0) is 53.1 Å². The topological polar surface area (TPSA) is 52.9 Å². The molecule has 25 heavy (non-hydrogen) atoms. The maximum atomic E-state index is 12.5. The number of aryl methyl sites for hydroxylation is 1. The van der Waals surface area contributed by atoms with Crippen LogP contribution >= 0.6 is 11.6 Å². The van der Waals surface area contributed by atoms with Gasteiger partial charge in [-0.1, -0.05) is 54.1 Å². The lowest BCUT2D eigenvalue weighted by molar-refractivity contribution is -0.112. The first-order valence-electron chi connectivity index (χ1n) is 7.75. The summed E-state index contributed by atoms with van der Waals surface area (Å²) in [5, 5.41) is 14.8. The zero-order chi connectivity index (χ0) is 17.8. The lowest BCUT2D eigenvalue weighted by atomic mass is 10.0. The van der Waals surface area contributed by atoms with E-state index in [-0.39, 0.29) is 5.57 Å². The predicted molar refractivity (Wildman–Crippen MR) is 102 cm³/mol. The Hall–Kier alpha value is -3.09. The van der Waals surface area contributed by atoms with Crippen molar-refractivity contribution < 1.29 is 4.79 Å². The number of nitrogens with zero attached hydrogens (tertiary/aromatic N) is 1. The maximum absolute atomic E-state index is 12.5. The van der Waals surface area contributed by atoms with Crippen LogP contribution in [-0.4, -0.2) is 5.91 Å². The van der Waals surface area contributed by atoms with Gasteiger partial charge >= 0.3 is 0 Å². The smallest absolute Gasteiger partial charge is 0.266 e. The van der Waals surface area contributed by atoms with E-state index in [0.717, 1.165) is 21.9 Å². The fourth-order valence-electron chi connectivity index (χ4n) is 2.64. The number of halogens is 1. The second kappa shape index (κ2) is 7.21. The first-order chi connectivity index (χ1) is 12.1. The summed E-state index contributed by atoms with van der Waals surface area (Å²) in [5.41, 5.74) is 2.35. The van der Waals surface area contributed by atoms with Crippen LogP contribution in [0.2, 0.25) is 5.02 Å². The van der Waals surface area contributed by atoms with Gasteiger partial charge < -0.3 is 5.32 Å². The molecular weight excluding hydrogens is 332 g/mol. The largest absolute Gasteiger partial charge is 0.321 e. The molecule has 3 aromatic carbocycles. The molecule has 0 saturated carbocycles. The Balaban J connectivity index is 1.94. The Labute approximate surface area is 151 Å². The third kappa shape index (κ3) is 3.71. The van der Waals surface area contributed by atoms with Gasteiger partial charge in [0.1, 0.15) is 11.6 Å². The summed E-state index contributed by atoms with van der Waals surface area (Å²) in [7, 11) is 0. The third-order valence-electron chi connectivity index (χ3n) is 3.92. The van der Waals surface area contributed by atoms with E-state index in [9.17, 15) is 10.1 Å². The number of hydrogen-bond donors (Lipinski definition) is 1. The van der Waals surface area contributed by atoms with E-state index >= 15 is 0 Å². The van der Waals surface area contributed by atoms with Crippen molar-refractivity contribution >= 4 is 40.0 Å². The summed E-state index contributed by atoms with van der Waals surface area (Å²) < 4.78 is 0. The minimum Gasteiger partial charge on any atom is -0.321 e. The third-order valence-corrected chi connectivity index (χ3v) is 4.16. The van der Waals surface area contributed by atoms with Gasteiger partial charge in [-0.15, -0.1) is 0 Å². The number of rotatable bonds is 3. The Bertz CT molecular complexity index is 1030. The van der Waals surface area contributed by atoms with Crippen LogP contribution in [0.15, 0.2) is 66.2 Å². The Morgan fingerprint density at radius 3 is 2.64 bits per heavy atom. The maximum Gasteiger partial charge on any atom is 0.266 e. The summed E-state index contributed by atoms with van der Waals surface area (Å²) in [5.74, 6) is -0.444. The first kappa shape index (κ1) is 16.8. The molecule has 3 aromatic rings. The number of fused-ring (bicyclic) bond motifs is 1. The average molecular weight is 347 g/mol. The second-order valence-electron chi connectivity index (χ2n) is 5.65. The fourth-order valence-corrected chi connectivity index (χ4v) is 2.86. The molecule has 0 bridgehead atoms. The molecule has 1 N–H and O–H groups in total. The highest BCUT2D eigenvalue weighted by Crippen LogP contribution is 2.23. The number of hydrogen-bond acceptors (Lipinski definition) is 2. The molecule has 122 valence electrons. The highest BCUT2D eigenvalue weighted by molar-refractivity contribution is 6.30. The summed E-state index contributed by atoms with van der Waals surface area (Å²) in [4.78, 5) is 12.5. The molecule has 0 aliphatic heterocycles. The van der Waals surface area contributed by atoms with Gasteiger partial charge in [-0.25, -0.2) is 0 Å². The van der Waals surface area contributed by atoms with Crippen LogP contribution in [-0.2, 0) is 4.79 Å². The SMILES string of the molecule is Cc1cc(Cl)ccc1NC(=O)/C(C#N)=C/c1cccc2ccccc12. The van der Waals surface area contributed by atoms with Crippen molar-refractivity contribution in [2.45, 2.75) is 6.92 Å². The highest BCUT2D eigenvalue weighted by Gasteiger charge is 2.12. The molecule has 0 atom stereocenters. The Morgan fingerprint density at radius 2 is 1.88 bits per heavy atom. The molecule has 1 amide bonds. The molecule has 0 radical (unpaired) electrons. The van der Waals surface area contributed by atoms with Gasteiger partial charge in [0.15, 0.2) is 0 Å². The summed E-state index contributed by atoms with van der Waals surface area (Å²) in [6.45, 7) is 1.85. The van der Waals surface area contributed by atoms with Crippen molar-refractivity contribution in [2.24, 2.45) is 0 Å². The van der Waals surface area contributed by atoms with Crippen LogP contribution in [0.25, 0.3) is 16.8 Å². The first-order valence-corrected chi connectivity index (χ1v) is 8.13. The van der Waals surface area contributed by atoms with E-state index in [2.05, 4.69) is 5.32 Å². The van der Waals surface area contributed by atoms with E-state index in [1.165, 1.54) is 0 Å². The van der Waals surface area contributed by atoms with Crippen LogP contribution in [0.5, 0.6) is 0 Å². The van der Waals surface area contributed by atoms with E-state index in [1.54, 1.807) is 24.3 Å². The molecule has 0 unspecified atom stereocenters. The van der Waals surface area contributed by atoms with Crippen LogP contribution < -0.4 is 5.32 Å². The molecular formula is C21H15ClN2O. The molecule has 0 fully saturated rings. The zero-order valence-electron chi connectivity index (χ0n) is 13.6. The number of amides is 1. The molecule has 0 heterocycles. The zero-order valence-corrected chi connectivity index (χ0v) is 14.3. The van der Waals surface area contributed by atoms with Crippen molar-refractivity contribution in [3.8, 4) is 6.07 Å². The minimum absolute atomic E-state index is 0.0469. The Kier molecular flexibility index (Phi) is 4.83.